The van der Waals surface area contributed by atoms with E-state index in [4.69, 9.17) is 0 Å². The molecule has 0 N–H and O–H groups in total. The number of thiophene rings is 3. The highest BCUT2D eigenvalue weighted by Crippen LogP contribution is 2.51. The van der Waals surface area contributed by atoms with Gasteiger partial charge in [0.2, 0.25) is 0 Å². The van der Waals surface area contributed by atoms with Crippen molar-refractivity contribution in [2.24, 2.45) is 5.92 Å². The van der Waals surface area contributed by atoms with Gasteiger partial charge in [0.15, 0.2) is 0 Å². The van der Waals surface area contributed by atoms with E-state index in [1.807, 2.05) is 27.7 Å². The number of hydrogen-bond acceptors (Lipinski definition) is 5. The van der Waals surface area contributed by atoms with Gasteiger partial charge in [0.1, 0.15) is 0 Å². The molecule has 0 atom stereocenters. The summed E-state index contributed by atoms with van der Waals surface area (Å²) < 4.78 is 2.05. The first-order valence-corrected chi connectivity index (χ1v) is 12.8. The van der Waals surface area contributed by atoms with Crippen molar-refractivity contribution in [1.82, 2.24) is 4.90 Å². The maximum atomic E-state index is 13.3. The fraction of sp³-hybridized carbons (Fsp3) is 0.300. The summed E-state index contributed by atoms with van der Waals surface area (Å²) in [5.41, 5.74) is 3.37. The maximum Gasteiger partial charge on any atom is 0.263 e. The topological polar surface area (TPSA) is 37.4 Å². The third-order valence-electron chi connectivity index (χ3n) is 4.56. The smallest absolute Gasteiger partial charge is 0.263 e. The molecule has 0 unspecified atom stereocenters. The lowest BCUT2D eigenvalue weighted by molar-refractivity contribution is 0.0636. The van der Waals surface area contributed by atoms with Gasteiger partial charge in [-0.2, -0.15) is 0 Å². The van der Waals surface area contributed by atoms with Crippen LogP contribution in [-0.2, 0) is 0 Å². The van der Waals surface area contributed by atoms with Gasteiger partial charge in [-0.3, -0.25) is 14.5 Å². The van der Waals surface area contributed by atoms with Crippen molar-refractivity contribution in [2.75, 3.05) is 6.54 Å². The third-order valence-corrected chi connectivity index (χ3v) is 9.56. The van der Waals surface area contributed by atoms with Gasteiger partial charge in [-0.15, -0.1) is 34.0 Å². The quantitative estimate of drug-likeness (QED) is 0.309. The molecule has 2 amide bonds. The van der Waals surface area contributed by atoms with E-state index in [1.165, 1.54) is 4.90 Å². The second-order valence-corrected chi connectivity index (χ2v) is 13.1. The zero-order valence-electron chi connectivity index (χ0n) is 15.7. The van der Waals surface area contributed by atoms with Crippen molar-refractivity contribution in [2.45, 2.75) is 27.7 Å². The van der Waals surface area contributed by atoms with Crippen molar-refractivity contribution in [1.29, 1.82) is 0 Å². The Morgan fingerprint density at radius 1 is 0.821 bits per heavy atom. The summed E-state index contributed by atoms with van der Waals surface area (Å²) >= 11 is 11.9. The Labute approximate surface area is 192 Å². The van der Waals surface area contributed by atoms with E-state index in [2.05, 4.69) is 44.0 Å². The molecule has 0 fully saturated rings. The number of amides is 2. The van der Waals surface area contributed by atoms with E-state index < -0.39 is 0 Å². The Morgan fingerprint density at radius 3 is 1.57 bits per heavy atom. The molecule has 0 spiro atoms. The number of rotatable bonds is 4. The SMILES string of the molecule is Cc1cc(Br)sc1-c1sc(-c2sc(Br)cc2C)c2c1C(=O)N(CC(C)C)C2=O. The lowest BCUT2D eigenvalue weighted by atomic mass is 10.1. The predicted octanol–water partition coefficient (Wildman–Crippen LogP) is 7.60. The summed E-state index contributed by atoms with van der Waals surface area (Å²) in [6.45, 7) is 8.57. The number of carbonyl (C=O) groups is 2. The van der Waals surface area contributed by atoms with Gasteiger partial charge in [-0.1, -0.05) is 13.8 Å². The fourth-order valence-corrected chi connectivity index (χ4v) is 8.53. The first-order chi connectivity index (χ1) is 13.2. The largest absolute Gasteiger partial charge is 0.274 e. The van der Waals surface area contributed by atoms with Crippen molar-refractivity contribution in [3.63, 3.8) is 0 Å². The molecule has 3 aromatic rings. The molecule has 146 valence electrons. The predicted molar refractivity (Wildman–Crippen MR) is 126 cm³/mol. The summed E-state index contributed by atoms with van der Waals surface area (Å²) in [7, 11) is 0. The standard InChI is InChI=1S/C20H17Br2NO2S3/c1-8(2)7-23-19(24)13-14(20(23)25)18(16-10(4)6-12(22)27-16)28-17(13)15-9(3)5-11(21)26-15/h5-6,8H,7H2,1-4H3. The molecule has 3 aromatic heterocycles. The Balaban J connectivity index is 1.99. The third kappa shape index (κ3) is 3.27. The van der Waals surface area contributed by atoms with Crippen LogP contribution in [0.3, 0.4) is 0 Å². The number of fused-ring (bicyclic) bond motifs is 1. The second kappa shape index (κ2) is 7.47. The monoisotopic (exact) mass is 557 g/mol. The summed E-state index contributed by atoms with van der Waals surface area (Å²) in [5.74, 6) is -0.102. The van der Waals surface area contributed by atoms with Crippen molar-refractivity contribution < 1.29 is 9.59 Å². The first kappa shape index (κ1) is 20.5. The van der Waals surface area contributed by atoms with Crippen molar-refractivity contribution >= 4 is 77.7 Å². The maximum absolute atomic E-state index is 13.3. The van der Waals surface area contributed by atoms with E-state index in [0.717, 1.165) is 38.2 Å². The molecule has 0 saturated carbocycles. The second-order valence-electron chi connectivity index (χ2n) is 7.25. The van der Waals surface area contributed by atoms with Crippen LogP contribution in [0.25, 0.3) is 19.5 Å². The lowest BCUT2D eigenvalue weighted by Crippen LogP contribution is -2.33. The molecule has 1 aliphatic heterocycles. The Morgan fingerprint density at radius 2 is 1.25 bits per heavy atom. The normalized spacial score (nSPS) is 13.9. The van der Waals surface area contributed by atoms with Crippen LogP contribution < -0.4 is 0 Å². The minimum atomic E-state index is -0.164. The van der Waals surface area contributed by atoms with E-state index in [1.54, 1.807) is 34.0 Å². The molecule has 1 aliphatic rings. The zero-order valence-corrected chi connectivity index (χ0v) is 21.3. The highest BCUT2D eigenvalue weighted by atomic mass is 79.9. The van der Waals surface area contributed by atoms with E-state index in [-0.39, 0.29) is 17.7 Å². The molecular formula is C20H17Br2NO2S3. The Hall–Kier alpha value is -0.800. The van der Waals surface area contributed by atoms with Gasteiger partial charge >= 0.3 is 0 Å². The van der Waals surface area contributed by atoms with Crippen molar-refractivity contribution in [3.05, 3.63) is 42.0 Å². The average Bonchev–Trinajstić information content (AvgIpc) is 3.29. The summed E-state index contributed by atoms with van der Waals surface area (Å²) in [4.78, 5) is 31.9. The summed E-state index contributed by atoms with van der Waals surface area (Å²) in [5, 5.41) is 0. The molecule has 4 rings (SSSR count). The summed E-state index contributed by atoms with van der Waals surface area (Å²) in [6, 6.07) is 4.12. The van der Waals surface area contributed by atoms with Gasteiger partial charge < -0.3 is 0 Å². The van der Waals surface area contributed by atoms with E-state index >= 15 is 0 Å². The molecule has 0 aliphatic carbocycles. The summed E-state index contributed by atoms with van der Waals surface area (Å²) in [6.07, 6.45) is 0. The number of halogens is 2. The number of carbonyl (C=O) groups excluding carboxylic acids is 2. The number of nitrogens with zero attached hydrogens (tertiary/aromatic N) is 1. The van der Waals surface area contributed by atoms with Gasteiger partial charge in [-0.25, -0.2) is 0 Å². The van der Waals surface area contributed by atoms with Crippen LogP contribution in [-0.4, -0.2) is 23.3 Å². The van der Waals surface area contributed by atoms with Crippen LogP contribution in [0.15, 0.2) is 19.7 Å². The first-order valence-electron chi connectivity index (χ1n) is 8.74. The minimum absolute atomic E-state index is 0.164. The molecule has 0 bridgehead atoms. The van der Waals surface area contributed by atoms with Gasteiger partial charge in [0.25, 0.3) is 11.8 Å². The number of imide groups is 1. The molecule has 4 heterocycles. The van der Waals surface area contributed by atoms with Crippen LogP contribution in [0.4, 0.5) is 0 Å². The lowest BCUT2D eigenvalue weighted by Gasteiger charge is -2.17. The van der Waals surface area contributed by atoms with Crippen LogP contribution >= 0.6 is 65.9 Å². The molecule has 0 radical (unpaired) electrons. The highest BCUT2D eigenvalue weighted by molar-refractivity contribution is 9.11. The van der Waals surface area contributed by atoms with Crippen LogP contribution in [0.1, 0.15) is 45.7 Å². The van der Waals surface area contributed by atoms with Gasteiger partial charge in [-0.05, 0) is 74.9 Å². The molecule has 8 heteroatoms. The minimum Gasteiger partial charge on any atom is -0.274 e. The molecule has 0 saturated heterocycles. The number of hydrogen-bond donors (Lipinski definition) is 0. The van der Waals surface area contributed by atoms with Crippen LogP contribution in [0.5, 0.6) is 0 Å². The molecular weight excluding hydrogens is 542 g/mol. The zero-order chi connectivity index (χ0) is 20.3. The van der Waals surface area contributed by atoms with E-state index in [9.17, 15) is 9.59 Å². The number of aryl methyl sites for hydroxylation is 2. The Bertz CT molecular complexity index is 1040. The average molecular weight is 559 g/mol. The molecule has 3 nitrogen and oxygen atoms in total. The highest BCUT2D eigenvalue weighted by Gasteiger charge is 2.43. The van der Waals surface area contributed by atoms with Crippen molar-refractivity contribution in [3.8, 4) is 19.5 Å². The van der Waals surface area contributed by atoms with Gasteiger partial charge in [0, 0.05) is 16.3 Å². The van der Waals surface area contributed by atoms with Crippen LogP contribution in [0.2, 0.25) is 0 Å². The van der Waals surface area contributed by atoms with Gasteiger partial charge in [0.05, 0.1) is 28.5 Å². The molecule has 28 heavy (non-hydrogen) atoms. The van der Waals surface area contributed by atoms with Crippen LogP contribution in [0, 0.1) is 19.8 Å². The Kier molecular flexibility index (Phi) is 5.46. The fourth-order valence-electron chi connectivity index (χ4n) is 3.39. The van der Waals surface area contributed by atoms with E-state index in [0.29, 0.717) is 17.7 Å². The molecule has 0 aromatic carbocycles.